The van der Waals surface area contributed by atoms with Gasteiger partial charge in [-0.1, -0.05) is 18.2 Å². The normalized spacial score (nSPS) is 12.6. The molecule has 0 aliphatic heterocycles. The Hall–Kier alpha value is -1.97. The van der Waals surface area contributed by atoms with Gasteiger partial charge in [-0.25, -0.2) is 17.2 Å². The molecule has 0 fully saturated rings. The number of rotatable bonds is 8. The average Bonchev–Trinajstić information content (AvgIpc) is 2.61. The van der Waals surface area contributed by atoms with Crippen LogP contribution >= 0.6 is 11.8 Å². The number of aryl methyl sites for hydroxylation is 1. The fourth-order valence-corrected chi connectivity index (χ4v) is 4.07. The third-order valence-corrected chi connectivity index (χ3v) is 5.94. The number of benzene rings is 2. The van der Waals surface area contributed by atoms with Crippen molar-refractivity contribution in [3.8, 4) is 0 Å². The molecule has 0 bridgehead atoms. The minimum absolute atomic E-state index is 0.190. The maximum Gasteiger partial charge on any atom is 0.244 e. The summed E-state index contributed by atoms with van der Waals surface area (Å²) in [6.45, 7) is 1.59. The van der Waals surface area contributed by atoms with Crippen molar-refractivity contribution < 1.29 is 22.0 Å². The van der Waals surface area contributed by atoms with Crippen LogP contribution in [0.3, 0.4) is 0 Å². The van der Waals surface area contributed by atoms with Gasteiger partial charge < -0.3 is 5.32 Å². The van der Waals surface area contributed by atoms with Crippen molar-refractivity contribution in [2.75, 3.05) is 17.3 Å². The number of carbonyl (C=O) groups excluding carboxylic acids is 1. The number of anilines is 1. The van der Waals surface area contributed by atoms with E-state index in [1.54, 1.807) is 6.92 Å². The summed E-state index contributed by atoms with van der Waals surface area (Å²) in [4.78, 5) is 12.0. The lowest BCUT2D eigenvalue weighted by Crippen LogP contribution is -2.44. The van der Waals surface area contributed by atoms with Gasteiger partial charge in [0.2, 0.25) is 15.9 Å². The Kier molecular flexibility index (Phi) is 7.34. The molecule has 5 nitrogen and oxygen atoms in total. The molecule has 2 aromatic carbocycles. The molecule has 1 unspecified atom stereocenters. The zero-order valence-electron chi connectivity index (χ0n) is 14.8. The lowest BCUT2D eigenvalue weighted by Gasteiger charge is -2.18. The number of halogens is 2. The van der Waals surface area contributed by atoms with Crippen LogP contribution in [0.5, 0.6) is 0 Å². The first-order valence-corrected chi connectivity index (χ1v) is 10.9. The van der Waals surface area contributed by atoms with Crippen LogP contribution in [0, 0.1) is 18.6 Å². The molecule has 0 aromatic heterocycles. The molecule has 146 valence electrons. The van der Waals surface area contributed by atoms with Crippen LogP contribution in [0.15, 0.2) is 47.4 Å². The SMILES string of the molecule is CSCCC(NS(=O)(=O)c1ccccc1F)C(=O)Nc1ccc(C)c(F)c1. The largest absolute Gasteiger partial charge is 0.325 e. The molecule has 0 aliphatic rings. The Balaban J connectivity index is 2.22. The quantitative estimate of drug-likeness (QED) is 0.695. The molecule has 9 heteroatoms. The van der Waals surface area contributed by atoms with Crippen LogP contribution in [-0.4, -0.2) is 32.4 Å². The Morgan fingerprint density at radius 1 is 1.15 bits per heavy atom. The Bertz CT molecular complexity index is 921. The Labute approximate surface area is 161 Å². The van der Waals surface area contributed by atoms with E-state index in [9.17, 15) is 22.0 Å². The lowest BCUT2D eigenvalue weighted by molar-refractivity contribution is -0.117. The van der Waals surface area contributed by atoms with Gasteiger partial charge in [0.15, 0.2) is 0 Å². The van der Waals surface area contributed by atoms with Crippen molar-refractivity contribution in [2.45, 2.75) is 24.3 Å². The minimum Gasteiger partial charge on any atom is -0.325 e. The summed E-state index contributed by atoms with van der Waals surface area (Å²) >= 11 is 1.43. The van der Waals surface area contributed by atoms with E-state index in [0.29, 0.717) is 11.3 Å². The number of nitrogens with one attached hydrogen (secondary N) is 2. The van der Waals surface area contributed by atoms with Crippen molar-refractivity contribution >= 4 is 33.4 Å². The van der Waals surface area contributed by atoms with Crippen LogP contribution in [0.4, 0.5) is 14.5 Å². The second-order valence-electron chi connectivity index (χ2n) is 5.84. The average molecular weight is 414 g/mol. The number of hydrogen-bond acceptors (Lipinski definition) is 4. The standard InChI is InChI=1S/C18H20F2N2O3S2/c1-12-7-8-13(11-15(12)20)21-18(23)16(9-10-26-2)22-27(24,25)17-6-4-3-5-14(17)19/h3-8,11,16,22H,9-10H2,1-2H3,(H,21,23). The van der Waals surface area contributed by atoms with Crippen LogP contribution in [-0.2, 0) is 14.8 Å². The highest BCUT2D eigenvalue weighted by molar-refractivity contribution is 7.98. The van der Waals surface area contributed by atoms with E-state index in [0.717, 1.165) is 18.2 Å². The van der Waals surface area contributed by atoms with Crippen molar-refractivity contribution in [3.05, 3.63) is 59.7 Å². The summed E-state index contributed by atoms with van der Waals surface area (Å²) in [6.07, 6.45) is 2.00. The molecule has 2 aromatic rings. The Morgan fingerprint density at radius 2 is 1.85 bits per heavy atom. The minimum atomic E-state index is -4.24. The molecule has 0 spiro atoms. The molecule has 1 amide bonds. The van der Waals surface area contributed by atoms with Crippen LogP contribution in [0.2, 0.25) is 0 Å². The first-order chi connectivity index (χ1) is 12.7. The summed E-state index contributed by atoms with van der Waals surface area (Å²) in [5, 5.41) is 2.50. The molecule has 1 atom stereocenters. The molecule has 0 radical (unpaired) electrons. The van der Waals surface area contributed by atoms with E-state index in [1.807, 2.05) is 6.26 Å². The second kappa shape index (κ2) is 9.29. The number of sulfonamides is 1. The predicted octanol–water partition coefficient (Wildman–Crippen LogP) is 3.31. The maximum absolute atomic E-state index is 13.9. The maximum atomic E-state index is 13.9. The molecule has 2 rings (SSSR count). The molecule has 0 saturated heterocycles. The monoisotopic (exact) mass is 414 g/mol. The topological polar surface area (TPSA) is 75.3 Å². The molecular weight excluding hydrogens is 394 g/mol. The molecule has 27 heavy (non-hydrogen) atoms. The van der Waals surface area contributed by atoms with Gasteiger partial charge in [-0.05, 0) is 55.2 Å². The third kappa shape index (κ3) is 5.75. The number of amides is 1. The van der Waals surface area contributed by atoms with E-state index in [1.165, 1.54) is 36.0 Å². The van der Waals surface area contributed by atoms with Gasteiger partial charge in [-0.15, -0.1) is 0 Å². The van der Waals surface area contributed by atoms with E-state index < -0.39 is 38.5 Å². The highest BCUT2D eigenvalue weighted by atomic mass is 32.2. The lowest BCUT2D eigenvalue weighted by atomic mass is 10.2. The highest BCUT2D eigenvalue weighted by Crippen LogP contribution is 2.17. The van der Waals surface area contributed by atoms with Crippen LogP contribution in [0.25, 0.3) is 0 Å². The van der Waals surface area contributed by atoms with Gasteiger partial charge in [-0.3, -0.25) is 4.79 Å². The van der Waals surface area contributed by atoms with Gasteiger partial charge in [0.1, 0.15) is 22.6 Å². The third-order valence-electron chi connectivity index (χ3n) is 3.79. The van der Waals surface area contributed by atoms with Crippen LogP contribution < -0.4 is 10.0 Å². The Morgan fingerprint density at radius 3 is 2.48 bits per heavy atom. The van der Waals surface area contributed by atoms with Gasteiger partial charge in [0, 0.05) is 5.69 Å². The number of hydrogen-bond donors (Lipinski definition) is 2. The predicted molar refractivity (Wildman–Crippen MR) is 103 cm³/mol. The molecular formula is C18H20F2N2O3S2. The van der Waals surface area contributed by atoms with Crippen molar-refractivity contribution in [1.29, 1.82) is 0 Å². The fraction of sp³-hybridized carbons (Fsp3) is 0.278. The summed E-state index contributed by atoms with van der Waals surface area (Å²) in [5.74, 6) is -1.54. The molecule has 0 saturated carbocycles. The molecule has 2 N–H and O–H groups in total. The van der Waals surface area contributed by atoms with Gasteiger partial charge in [0.05, 0.1) is 0 Å². The van der Waals surface area contributed by atoms with Gasteiger partial charge in [-0.2, -0.15) is 16.5 Å². The fourth-order valence-electron chi connectivity index (χ4n) is 2.29. The highest BCUT2D eigenvalue weighted by Gasteiger charge is 2.27. The summed E-state index contributed by atoms with van der Waals surface area (Å²) in [6, 6.07) is 7.97. The van der Waals surface area contributed by atoms with E-state index >= 15 is 0 Å². The van der Waals surface area contributed by atoms with E-state index in [2.05, 4.69) is 10.0 Å². The zero-order valence-corrected chi connectivity index (χ0v) is 16.5. The summed E-state index contributed by atoms with van der Waals surface area (Å²) in [5.41, 5.74) is 0.634. The summed E-state index contributed by atoms with van der Waals surface area (Å²) < 4.78 is 54.7. The van der Waals surface area contributed by atoms with Crippen molar-refractivity contribution in [2.24, 2.45) is 0 Å². The summed E-state index contributed by atoms with van der Waals surface area (Å²) in [7, 11) is -4.24. The van der Waals surface area contributed by atoms with Crippen molar-refractivity contribution in [1.82, 2.24) is 4.72 Å². The van der Waals surface area contributed by atoms with E-state index in [4.69, 9.17) is 0 Å². The molecule has 0 aliphatic carbocycles. The molecule has 0 heterocycles. The van der Waals surface area contributed by atoms with Crippen LogP contribution in [0.1, 0.15) is 12.0 Å². The number of thioether (sulfide) groups is 1. The second-order valence-corrected chi connectivity index (χ2v) is 8.51. The van der Waals surface area contributed by atoms with E-state index in [-0.39, 0.29) is 12.1 Å². The van der Waals surface area contributed by atoms with Gasteiger partial charge in [0.25, 0.3) is 0 Å². The zero-order chi connectivity index (χ0) is 20.0. The smallest absolute Gasteiger partial charge is 0.244 e. The van der Waals surface area contributed by atoms with Crippen molar-refractivity contribution in [3.63, 3.8) is 0 Å². The number of carbonyl (C=O) groups is 1. The first-order valence-electron chi connectivity index (χ1n) is 8.07. The van der Waals surface area contributed by atoms with Gasteiger partial charge >= 0.3 is 0 Å². The first kappa shape index (κ1) is 21.3.